The lowest BCUT2D eigenvalue weighted by molar-refractivity contribution is -0.137. The molecule has 2 amide bonds. The summed E-state index contributed by atoms with van der Waals surface area (Å²) in [5, 5.41) is 5.30. The number of hydrogen-bond acceptors (Lipinski definition) is 6. The third-order valence-electron chi connectivity index (χ3n) is 3.53. The van der Waals surface area contributed by atoms with E-state index < -0.39 is 17.4 Å². The normalized spacial score (nSPS) is 10.7. The number of nitrogens with one attached hydrogen (secondary N) is 2. The van der Waals surface area contributed by atoms with Crippen LogP contribution >= 0.6 is 22.6 Å². The molecule has 2 N–H and O–H groups in total. The van der Waals surface area contributed by atoms with Crippen molar-refractivity contribution < 1.29 is 18.7 Å². The van der Waals surface area contributed by atoms with Crippen LogP contribution in [0.2, 0.25) is 0 Å². The highest BCUT2D eigenvalue weighted by atomic mass is 127. The summed E-state index contributed by atoms with van der Waals surface area (Å²) in [5.41, 5.74) is 0.599. The van der Waals surface area contributed by atoms with Crippen LogP contribution in [0.3, 0.4) is 0 Å². The van der Waals surface area contributed by atoms with Crippen LogP contribution in [0.5, 0.6) is 5.75 Å². The Morgan fingerprint density at radius 1 is 1.25 bits per heavy atom. The Balaban J connectivity index is 0.00000190. The van der Waals surface area contributed by atoms with E-state index in [-0.39, 0.29) is 0 Å². The van der Waals surface area contributed by atoms with Gasteiger partial charge in [0.1, 0.15) is 5.75 Å². The predicted octanol–water partition coefficient (Wildman–Crippen LogP) is 2.80. The van der Waals surface area contributed by atoms with Crippen LogP contribution < -0.4 is 15.4 Å². The summed E-state index contributed by atoms with van der Waals surface area (Å²) in [6, 6.07) is 5.01. The molecule has 28 heavy (non-hydrogen) atoms. The van der Waals surface area contributed by atoms with Gasteiger partial charge in [-0.2, -0.15) is 0 Å². The zero-order chi connectivity index (χ0) is 21.3. The van der Waals surface area contributed by atoms with Crippen LogP contribution in [0.15, 0.2) is 35.2 Å². The number of nitrogens with zero attached hydrogens (tertiary/aromatic N) is 2. The van der Waals surface area contributed by atoms with E-state index in [9.17, 15) is 9.59 Å². The molecule has 1 aromatic carbocycles. The maximum Gasteiger partial charge on any atom is 0.313 e. The molecule has 0 saturated heterocycles. The third kappa shape index (κ3) is 7.12. The second-order valence-electron chi connectivity index (χ2n) is 6.81. The average molecular weight is 502 g/mol. The van der Waals surface area contributed by atoms with Gasteiger partial charge in [0.15, 0.2) is 12.2 Å². The molecule has 0 bridgehead atoms. The molecule has 9 heteroatoms. The highest BCUT2D eigenvalue weighted by molar-refractivity contribution is 14.1. The number of carbonyl (C=O) groups excluding carboxylic acids is 2. The Morgan fingerprint density at radius 2 is 1.93 bits per heavy atom. The molecule has 2 aromatic rings. The maximum absolute atomic E-state index is 12.2. The van der Waals surface area contributed by atoms with Crippen molar-refractivity contribution in [3.05, 3.63) is 30.8 Å². The van der Waals surface area contributed by atoms with Gasteiger partial charge in [0.05, 0.1) is 18.9 Å². The number of likely N-dealkylation sites (N-methyl/N-ethyl adjacent to an activating group) is 1. The van der Waals surface area contributed by atoms with Crippen LogP contribution in [0.25, 0.3) is 11.3 Å². The molecule has 154 valence electrons. The Morgan fingerprint density at radius 3 is 2.46 bits per heavy atom. The van der Waals surface area contributed by atoms with E-state index in [1.54, 1.807) is 24.4 Å². The van der Waals surface area contributed by atoms with Gasteiger partial charge in [0.25, 0.3) is 0 Å². The summed E-state index contributed by atoms with van der Waals surface area (Å²) in [5.74, 6) is -0.405. The van der Waals surface area contributed by atoms with E-state index in [0.29, 0.717) is 29.3 Å². The first kappa shape index (κ1) is 23.9. The maximum atomic E-state index is 12.2. The van der Waals surface area contributed by atoms with E-state index in [2.05, 4.69) is 38.2 Å². The molecule has 0 fully saturated rings. The molecule has 8 nitrogen and oxygen atoms in total. The molecule has 0 aliphatic carbocycles. The number of alkyl halides is 1. The van der Waals surface area contributed by atoms with Gasteiger partial charge in [0, 0.05) is 23.8 Å². The van der Waals surface area contributed by atoms with Crippen molar-refractivity contribution in [3.8, 4) is 17.1 Å². The second-order valence-corrected chi connectivity index (χ2v) is 6.81. The lowest BCUT2D eigenvalue weighted by Crippen LogP contribution is -2.53. The van der Waals surface area contributed by atoms with Gasteiger partial charge in [-0.25, -0.2) is 4.98 Å². The number of aromatic nitrogens is 1. The molecule has 2 rings (SSSR count). The first-order valence-corrected chi connectivity index (χ1v) is 10.6. The van der Waals surface area contributed by atoms with Crippen molar-refractivity contribution in [1.29, 1.82) is 0 Å². The number of oxazole rings is 1. The van der Waals surface area contributed by atoms with Gasteiger partial charge >= 0.3 is 11.8 Å². The Labute approximate surface area is 179 Å². The standard InChI is InChI=1S/C18H24N4O4.CH3I/c1-18(2,10-22(3)4)21-17(24)16(23)20-12-6-7-13(14(8-12)25-5)15-9-19-11-26-15;1-2/h6-9,11H,10H2,1-5H3,(H,20,23)(H,21,24);1H3. The SMILES string of the molecule is CI.COc1cc(NC(=O)C(=O)NC(C)(C)CN(C)C)ccc1-c1cnco1. The summed E-state index contributed by atoms with van der Waals surface area (Å²) in [4.78, 5) is 32.1. The molecular formula is C19H27IN4O4. The lowest BCUT2D eigenvalue weighted by atomic mass is 10.1. The van der Waals surface area contributed by atoms with Gasteiger partial charge in [-0.1, -0.05) is 22.6 Å². The fourth-order valence-electron chi connectivity index (χ4n) is 2.70. The smallest absolute Gasteiger partial charge is 0.313 e. The van der Waals surface area contributed by atoms with Crippen LogP contribution in [-0.2, 0) is 9.59 Å². The van der Waals surface area contributed by atoms with Crippen molar-refractivity contribution in [2.45, 2.75) is 19.4 Å². The largest absolute Gasteiger partial charge is 0.496 e. The summed E-state index contributed by atoms with van der Waals surface area (Å²) < 4.78 is 10.6. The second kappa shape index (κ2) is 11.0. The van der Waals surface area contributed by atoms with Gasteiger partial charge in [-0.15, -0.1) is 0 Å². The quantitative estimate of drug-likeness (QED) is 0.359. The Kier molecular flexibility index (Phi) is 9.39. The lowest BCUT2D eigenvalue weighted by Gasteiger charge is -2.29. The molecule has 1 aromatic heterocycles. The first-order valence-electron chi connectivity index (χ1n) is 8.45. The zero-order valence-corrected chi connectivity index (χ0v) is 19.2. The summed E-state index contributed by atoms with van der Waals surface area (Å²) in [6.07, 6.45) is 2.89. The fourth-order valence-corrected chi connectivity index (χ4v) is 2.70. The highest BCUT2D eigenvalue weighted by Crippen LogP contribution is 2.32. The van der Waals surface area contributed by atoms with E-state index in [0.717, 1.165) is 0 Å². The number of amides is 2. The summed E-state index contributed by atoms with van der Waals surface area (Å²) >= 11 is 2.15. The minimum atomic E-state index is -0.744. The minimum Gasteiger partial charge on any atom is -0.496 e. The van der Waals surface area contributed by atoms with Gasteiger partial charge in [-0.05, 0) is 45.0 Å². The number of halogens is 1. The van der Waals surface area contributed by atoms with Gasteiger partial charge in [0.2, 0.25) is 0 Å². The Bertz CT molecular complexity index is 776. The van der Waals surface area contributed by atoms with E-state index in [4.69, 9.17) is 9.15 Å². The number of rotatable bonds is 6. The summed E-state index contributed by atoms with van der Waals surface area (Å²) in [7, 11) is 5.31. The minimum absolute atomic E-state index is 0.440. The number of methoxy groups -OCH3 is 1. The first-order chi connectivity index (χ1) is 13.2. The van der Waals surface area contributed by atoms with Crippen molar-refractivity contribution >= 4 is 40.1 Å². The van der Waals surface area contributed by atoms with Crippen LogP contribution in [0.1, 0.15) is 13.8 Å². The van der Waals surface area contributed by atoms with Crippen LogP contribution in [-0.4, -0.2) is 59.9 Å². The molecule has 0 aliphatic heterocycles. The van der Waals surface area contributed by atoms with E-state index in [1.165, 1.54) is 13.5 Å². The molecular weight excluding hydrogens is 475 g/mol. The van der Waals surface area contributed by atoms with Crippen molar-refractivity contribution in [2.75, 3.05) is 38.0 Å². The fraction of sp³-hybridized carbons (Fsp3) is 0.421. The van der Waals surface area contributed by atoms with Crippen molar-refractivity contribution in [1.82, 2.24) is 15.2 Å². The monoisotopic (exact) mass is 502 g/mol. The number of carbonyl (C=O) groups is 2. The molecule has 1 heterocycles. The van der Waals surface area contributed by atoms with E-state index in [1.807, 2.05) is 37.8 Å². The molecule has 0 spiro atoms. The van der Waals surface area contributed by atoms with Crippen LogP contribution in [0, 0.1) is 0 Å². The Hall–Kier alpha value is -2.14. The number of hydrogen-bond donors (Lipinski definition) is 2. The summed E-state index contributed by atoms with van der Waals surface area (Å²) in [6.45, 7) is 4.31. The average Bonchev–Trinajstić information content (AvgIpc) is 3.16. The van der Waals surface area contributed by atoms with Crippen molar-refractivity contribution in [3.63, 3.8) is 0 Å². The third-order valence-corrected chi connectivity index (χ3v) is 3.53. The molecule has 0 unspecified atom stereocenters. The highest BCUT2D eigenvalue weighted by Gasteiger charge is 2.25. The number of ether oxygens (including phenoxy) is 1. The zero-order valence-electron chi connectivity index (χ0n) is 17.0. The molecule has 0 atom stereocenters. The molecule has 0 saturated carbocycles. The van der Waals surface area contributed by atoms with E-state index >= 15 is 0 Å². The number of anilines is 1. The van der Waals surface area contributed by atoms with Crippen LogP contribution in [0.4, 0.5) is 5.69 Å². The van der Waals surface area contributed by atoms with Gasteiger partial charge < -0.3 is 24.7 Å². The predicted molar refractivity (Wildman–Crippen MR) is 118 cm³/mol. The van der Waals surface area contributed by atoms with Crippen molar-refractivity contribution in [2.24, 2.45) is 0 Å². The molecule has 0 aliphatic rings. The number of benzene rings is 1. The van der Waals surface area contributed by atoms with Gasteiger partial charge in [-0.3, -0.25) is 9.59 Å². The molecule has 0 radical (unpaired) electrons. The topological polar surface area (TPSA) is 96.7 Å².